The Morgan fingerprint density at radius 1 is 0.437 bits per heavy atom. The number of rotatable bonds is 3. The summed E-state index contributed by atoms with van der Waals surface area (Å²) < 4.78 is 2.49. The van der Waals surface area contributed by atoms with E-state index in [4.69, 9.17) is 19.9 Å². The van der Waals surface area contributed by atoms with E-state index < -0.39 is 0 Å². The van der Waals surface area contributed by atoms with Crippen LogP contribution in [0.3, 0.4) is 0 Å². The van der Waals surface area contributed by atoms with E-state index in [1.807, 2.05) is 11.3 Å². The molecule has 8 bridgehead atoms. The Morgan fingerprint density at radius 3 is 1.42 bits per heavy atom. The molecule has 0 amide bonds. The predicted octanol–water partition coefficient (Wildman–Crippen LogP) is 17.9. The molecule has 12 rings (SSSR count). The van der Waals surface area contributed by atoms with Gasteiger partial charge >= 0.3 is 19.5 Å². The van der Waals surface area contributed by atoms with Crippen molar-refractivity contribution in [3.8, 4) is 44.5 Å². The number of hydrogen-bond donors (Lipinski definition) is 0. The average molecular weight is 1010 g/mol. The summed E-state index contributed by atoms with van der Waals surface area (Å²) in [5.74, 6) is 0. The van der Waals surface area contributed by atoms with Crippen molar-refractivity contribution in [1.82, 2.24) is 19.9 Å². The summed E-state index contributed by atoms with van der Waals surface area (Å²) >= 11 is 3.62. The minimum atomic E-state index is -0.0882. The molecule has 7 heteroatoms. The van der Waals surface area contributed by atoms with Crippen molar-refractivity contribution in [1.29, 1.82) is 0 Å². The zero-order chi connectivity index (χ0) is 48.8. The molecule has 9 aromatic rings. The molecule has 71 heavy (non-hydrogen) atoms. The first-order valence-corrected chi connectivity index (χ1v) is 26.3. The molecule has 7 heterocycles. The second-order valence-corrected chi connectivity index (χ2v) is 25.6. The second-order valence-electron chi connectivity index (χ2n) is 23.6. The van der Waals surface area contributed by atoms with Crippen LogP contribution in [0, 0.1) is 0 Å². The Hall–Kier alpha value is -5.98. The molecule has 5 aromatic heterocycles. The molecule has 3 aliphatic rings. The Balaban J connectivity index is 0.00000547. The van der Waals surface area contributed by atoms with Crippen LogP contribution >= 0.6 is 22.7 Å². The van der Waals surface area contributed by atoms with Crippen LogP contribution < -0.4 is 9.97 Å². The topological polar surface area (TPSA) is 54.0 Å². The molecule has 0 spiro atoms. The average Bonchev–Trinajstić information content (AvgIpc) is 4.17. The van der Waals surface area contributed by atoms with E-state index in [9.17, 15) is 0 Å². The molecular weight excluding hydrogens is 954 g/mol. The smallest absolute Gasteiger partial charge is 0.657 e. The van der Waals surface area contributed by atoms with Crippen molar-refractivity contribution in [3.05, 3.63) is 164 Å². The third kappa shape index (κ3) is 7.95. The Bertz CT molecular complexity index is 3870. The van der Waals surface area contributed by atoms with Gasteiger partial charge in [0.15, 0.2) is 0 Å². The quantitative estimate of drug-likeness (QED) is 0.166. The maximum absolute atomic E-state index is 5.79. The maximum Gasteiger partial charge on any atom is 2.00 e. The summed E-state index contributed by atoms with van der Waals surface area (Å²) in [4.78, 5) is 24.2. The van der Waals surface area contributed by atoms with Gasteiger partial charge in [-0.1, -0.05) is 180 Å². The van der Waals surface area contributed by atoms with Crippen molar-refractivity contribution in [2.24, 2.45) is 0 Å². The summed E-state index contributed by atoms with van der Waals surface area (Å²) in [7, 11) is 0. The van der Waals surface area contributed by atoms with Gasteiger partial charge in [0.05, 0.1) is 22.8 Å². The van der Waals surface area contributed by atoms with Crippen LogP contribution in [0.5, 0.6) is 0 Å². The Kier molecular flexibility index (Phi) is 11.0. The third-order valence-electron chi connectivity index (χ3n) is 14.5. The van der Waals surface area contributed by atoms with Gasteiger partial charge in [-0.05, 0) is 113 Å². The van der Waals surface area contributed by atoms with Crippen LogP contribution in [-0.4, -0.2) is 9.97 Å². The van der Waals surface area contributed by atoms with Crippen molar-refractivity contribution in [2.45, 2.75) is 105 Å². The van der Waals surface area contributed by atoms with Gasteiger partial charge < -0.3 is 9.97 Å². The Labute approximate surface area is 438 Å². The van der Waals surface area contributed by atoms with Gasteiger partial charge in [0.25, 0.3) is 0 Å². The van der Waals surface area contributed by atoms with E-state index in [0.29, 0.717) is 0 Å². The summed E-state index contributed by atoms with van der Waals surface area (Å²) in [5.41, 5.74) is 21.9. The fourth-order valence-electron chi connectivity index (χ4n) is 10.4. The molecule has 2 aliphatic heterocycles. The van der Waals surface area contributed by atoms with Crippen LogP contribution in [0.1, 0.15) is 133 Å². The molecule has 348 valence electrons. The number of benzene rings is 4. The molecular formula is C64H58N4S2Zn. The number of aromatic nitrogens is 4. The second kappa shape index (κ2) is 16.5. The van der Waals surface area contributed by atoms with Crippen molar-refractivity contribution in [2.75, 3.05) is 0 Å². The van der Waals surface area contributed by atoms with Crippen molar-refractivity contribution in [3.63, 3.8) is 0 Å². The number of fused-ring (bicyclic) bond motifs is 14. The molecule has 0 radical (unpaired) electrons. The van der Waals surface area contributed by atoms with Gasteiger partial charge in [0, 0.05) is 41.7 Å². The first-order valence-electron chi connectivity index (χ1n) is 24.6. The van der Waals surface area contributed by atoms with Crippen molar-refractivity contribution < 1.29 is 19.5 Å². The number of thiophene rings is 2. The normalized spacial score (nSPS) is 13.5. The minimum Gasteiger partial charge on any atom is -0.657 e. The van der Waals surface area contributed by atoms with Crippen LogP contribution in [-0.2, 0) is 41.1 Å². The van der Waals surface area contributed by atoms with Gasteiger partial charge in [-0.2, -0.15) is 0 Å². The number of nitrogens with zero attached hydrogens (tertiary/aromatic N) is 4. The molecule has 4 nitrogen and oxygen atoms in total. The maximum atomic E-state index is 5.79. The molecule has 0 saturated carbocycles. The molecule has 0 atom stereocenters. The van der Waals surface area contributed by atoms with E-state index >= 15 is 0 Å². The molecule has 4 aromatic carbocycles. The first kappa shape index (κ1) is 47.4. The van der Waals surface area contributed by atoms with Crippen LogP contribution in [0.25, 0.3) is 111 Å². The van der Waals surface area contributed by atoms with Crippen molar-refractivity contribution >= 4 is 88.7 Å². The monoisotopic (exact) mass is 1010 g/mol. The summed E-state index contributed by atoms with van der Waals surface area (Å²) in [6.07, 6.45) is 6.74. The van der Waals surface area contributed by atoms with Gasteiger partial charge in [-0.3, -0.25) is 0 Å². The minimum absolute atomic E-state index is 0. The predicted molar refractivity (Wildman–Crippen MR) is 302 cm³/mol. The fourth-order valence-corrected chi connectivity index (χ4v) is 12.6. The molecule has 0 fully saturated rings. The first-order chi connectivity index (χ1) is 33.2. The zero-order valence-electron chi connectivity index (χ0n) is 43.0. The third-order valence-corrected chi connectivity index (χ3v) is 16.6. The SMILES string of the molecule is CC(C)(C)c1cc(-c2c3nc4c(c5ccc([n-]5)c(-c5cc(C(C)(C)C)cc(C(C)(C)C)c5)c5nc(c(-c6csc7ccccc67)c6ccc2[n-]6)C=C5)-c2c(sc5ccccc25)C4=C3)cc(C(C)(C)C)c1.[Zn+2]. The van der Waals surface area contributed by atoms with Crippen LogP contribution in [0.15, 0.2) is 115 Å². The van der Waals surface area contributed by atoms with Gasteiger partial charge in [-0.25, -0.2) is 9.97 Å². The summed E-state index contributed by atoms with van der Waals surface area (Å²) in [5, 5.41) is 4.71. The largest absolute Gasteiger partial charge is 2.00 e. The summed E-state index contributed by atoms with van der Waals surface area (Å²) in [6.45, 7) is 27.7. The standard InChI is InChI=1S/C64H58N4S2.Zn/c1-61(2,3)37-27-35(28-38(31-37)62(4,5)6)54-45-21-24-48(65-45)56(44-34-69-52-19-15-13-17-41(44)52)49-25-22-47(66-49)55(36-29-39(63(7,8)9)32-40(30-36)64(10,11)12)51-33-43-59(68-51)58(50-26-23-46(54)67-50)57-42-18-14-16-20-53(42)70-60(43)57;/h13-34H,1-12H3;/q-2;+2. The van der Waals surface area contributed by atoms with E-state index in [1.54, 1.807) is 11.3 Å². The fraction of sp³-hybridized carbons (Fsp3) is 0.250. The van der Waals surface area contributed by atoms with Gasteiger partial charge in [0.2, 0.25) is 0 Å². The summed E-state index contributed by atoms with van der Waals surface area (Å²) in [6, 6.07) is 40.7. The molecule has 0 unspecified atom stereocenters. The Morgan fingerprint density at radius 2 is 0.887 bits per heavy atom. The van der Waals surface area contributed by atoms with Crippen LogP contribution in [0.2, 0.25) is 0 Å². The molecule has 0 N–H and O–H groups in total. The van der Waals surface area contributed by atoms with E-state index in [1.165, 1.54) is 52.9 Å². The van der Waals surface area contributed by atoms with Crippen LogP contribution in [0.4, 0.5) is 0 Å². The zero-order valence-corrected chi connectivity index (χ0v) is 47.6. The molecule has 0 saturated heterocycles. The van der Waals surface area contributed by atoms with E-state index in [2.05, 4.69) is 216 Å². The van der Waals surface area contributed by atoms with Gasteiger partial charge in [0.1, 0.15) is 0 Å². The van der Waals surface area contributed by atoms with E-state index in [0.717, 1.165) is 89.4 Å². The van der Waals surface area contributed by atoms with Gasteiger partial charge in [-0.15, -0.1) is 44.7 Å². The molecule has 1 aliphatic carbocycles. The van der Waals surface area contributed by atoms with E-state index in [-0.39, 0.29) is 41.1 Å². The number of hydrogen-bond acceptors (Lipinski definition) is 4.